The largest absolute Gasteiger partial charge is 0.490 e. The fourth-order valence-electron chi connectivity index (χ4n) is 3.23. The highest BCUT2D eigenvalue weighted by Crippen LogP contribution is 2.34. The molecule has 0 radical (unpaired) electrons. The number of carbonyl (C=O) groups excluding carboxylic acids is 1. The second-order valence-electron chi connectivity index (χ2n) is 7.90. The van der Waals surface area contributed by atoms with Gasteiger partial charge in [-0.15, -0.1) is 0 Å². The Morgan fingerprint density at radius 2 is 1.93 bits per heavy atom. The topological polar surface area (TPSA) is 116 Å². The Labute approximate surface area is 162 Å². The summed E-state index contributed by atoms with van der Waals surface area (Å²) in [5.41, 5.74) is 12.3. The lowest BCUT2D eigenvalue weighted by Crippen LogP contribution is -2.32. The summed E-state index contributed by atoms with van der Waals surface area (Å²) in [6.07, 6.45) is 2.57. The Hall–Kier alpha value is -3.06. The molecule has 28 heavy (non-hydrogen) atoms. The molecule has 0 atom stereocenters. The van der Waals surface area contributed by atoms with E-state index in [9.17, 15) is 9.90 Å². The van der Waals surface area contributed by atoms with Crippen LogP contribution in [0.25, 0.3) is 22.0 Å². The van der Waals surface area contributed by atoms with Crippen LogP contribution in [0.5, 0.6) is 5.75 Å². The molecule has 4 rings (SSSR count). The Bertz CT molecular complexity index is 1070. The molecule has 0 saturated heterocycles. The zero-order chi connectivity index (χ0) is 20.1. The molecule has 1 aromatic heterocycles. The van der Waals surface area contributed by atoms with Gasteiger partial charge in [0.1, 0.15) is 22.8 Å². The van der Waals surface area contributed by atoms with E-state index in [0.29, 0.717) is 11.8 Å². The zero-order valence-corrected chi connectivity index (χ0v) is 16.0. The number of primary amides is 1. The first kappa shape index (κ1) is 18.3. The number of hydrogen-bond donors (Lipinski definition) is 3. The van der Waals surface area contributed by atoms with Crippen molar-refractivity contribution in [2.45, 2.75) is 38.3 Å². The van der Waals surface area contributed by atoms with E-state index in [1.165, 1.54) is 4.68 Å². The van der Waals surface area contributed by atoms with Gasteiger partial charge in [-0.25, -0.2) is 4.68 Å². The van der Waals surface area contributed by atoms with Crippen LogP contribution in [0.1, 0.15) is 37.0 Å². The van der Waals surface area contributed by atoms with E-state index in [-0.39, 0.29) is 18.0 Å². The highest BCUT2D eigenvalue weighted by Gasteiger charge is 2.29. The molecule has 1 saturated carbocycles. The van der Waals surface area contributed by atoms with E-state index in [4.69, 9.17) is 16.2 Å². The van der Waals surface area contributed by atoms with Crippen LogP contribution < -0.4 is 16.2 Å². The minimum Gasteiger partial charge on any atom is -0.490 e. The summed E-state index contributed by atoms with van der Waals surface area (Å²) in [6, 6.07) is 11.7. The quantitative estimate of drug-likeness (QED) is 0.608. The van der Waals surface area contributed by atoms with E-state index < -0.39 is 11.4 Å². The predicted molar refractivity (Wildman–Crippen MR) is 108 cm³/mol. The van der Waals surface area contributed by atoms with Crippen molar-refractivity contribution < 1.29 is 14.6 Å². The summed E-state index contributed by atoms with van der Waals surface area (Å²) in [5, 5.41) is 16.2. The van der Waals surface area contributed by atoms with Crippen LogP contribution in [-0.2, 0) is 5.54 Å². The van der Waals surface area contributed by atoms with Crippen LogP contribution in [-0.4, -0.2) is 33.5 Å². The zero-order valence-electron chi connectivity index (χ0n) is 16.0. The summed E-state index contributed by atoms with van der Waals surface area (Å²) in [7, 11) is 0. The fraction of sp³-hybridized carbons (Fsp3) is 0.333. The number of nitrogens with zero attached hydrogens (tertiary/aromatic N) is 2. The SMILES string of the molecule is CC(C)(CO)n1nc(-c2ccc3cc(OC4CC4)ccc3c2)c(C(N)=O)c1N. The Morgan fingerprint density at radius 3 is 2.57 bits per heavy atom. The number of ether oxygens (including phenoxy) is 1. The number of amides is 1. The first-order chi connectivity index (χ1) is 13.3. The van der Waals surface area contributed by atoms with Gasteiger partial charge in [0.2, 0.25) is 0 Å². The highest BCUT2D eigenvalue weighted by atomic mass is 16.5. The standard InChI is InChI=1S/C21H24N4O3/c1-21(2,11-26)25-19(22)17(20(23)27)18(24-25)14-4-3-13-10-16(28-15-7-8-15)6-5-12(13)9-14/h3-6,9-10,15,26H,7-8,11,22H2,1-2H3,(H2,23,27). The average molecular weight is 380 g/mol. The number of aliphatic hydroxyl groups is 1. The van der Waals surface area contributed by atoms with Crippen LogP contribution in [0.4, 0.5) is 5.82 Å². The number of aliphatic hydroxyl groups excluding tert-OH is 1. The van der Waals surface area contributed by atoms with Crippen molar-refractivity contribution in [2.75, 3.05) is 12.3 Å². The third kappa shape index (κ3) is 3.18. The Kier molecular flexibility index (Phi) is 4.27. The number of rotatable bonds is 6. The normalized spacial score (nSPS) is 14.4. The molecule has 2 aromatic carbocycles. The van der Waals surface area contributed by atoms with E-state index in [1.807, 2.05) is 36.4 Å². The second kappa shape index (κ2) is 6.53. The van der Waals surface area contributed by atoms with Crippen LogP contribution in [0.2, 0.25) is 0 Å². The molecule has 1 amide bonds. The van der Waals surface area contributed by atoms with Gasteiger partial charge >= 0.3 is 0 Å². The third-order valence-corrected chi connectivity index (χ3v) is 5.04. The van der Waals surface area contributed by atoms with Crippen LogP contribution in [0.3, 0.4) is 0 Å². The van der Waals surface area contributed by atoms with Crippen LogP contribution in [0, 0.1) is 0 Å². The molecule has 1 fully saturated rings. The molecule has 7 heteroatoms. The molecular formula is C21H24N4O3. The van der Waals surface area contributed by atoms with Crippen molar-refractivity contribution in [3.63, 3.8) is 0 Å². The fourth-order valence-corrected chi connectivity index (χ4v) is 3.23. The highest BCUT2D eigenvalue weighted by molar-refractivity contribution is 6.04. The van der Waals surface area contributed by atoms with Gasteiger partial charge in [-0.05, 0) is 55.7 Å². The summed E-state index contributed by atoms with van der Waals surface area (Å²) >= 11 is 0. The molecule has 1 aliphatic carbocycles. The molecule has 5 N–H and O–H groups in total. The molecule has 0 bridgehead atoms. The molecular weight excluding hydrogens is 356 g/mol. The lowest BCUT2D eigenvalue weighted by atomic mass is 10.0. The molecule has 146 valence electrons. The van der Waals surface area contributed by atoms with Gasteiger partial charge in [-0.3, -0.25) is 4.79 Å². The van der Waals surface area contributed by atoms with Gasteiger partial charge in [0, 0.05) is 5.56 Å². The van der Waals surface area contributed by atoms with Gasteiger partial charge in [0.15, 0.2) is 0 Å². The molecule has 1 heterocycles. The average Bonchev–Trinajstić information content (AvgIpc) is 3.40. The summed E-state index contributed by atoms with van der Waals surface area (Å²) in [6.45, 7) is 3.39. The van der Waals surface area contributed by atoms with Gasteiger partial charge in [-0.2, -0.15) is 5.10 Å². The Balaban J connectivity index is 1.80. The van der Waals surface area contributed by atoms with Crippen molar-refractivity contribution in [1.29, 1.82) is 0 Å². The third-order valence-electron chi connectivity index (χ3n) is 5.04. The predicted octanol–water partition coefficient (Wildman–Crippen LogP) is 2.65. The lowest BCUT2D eigenvalue weighted by Gasteiger charge is -2.23. The molecule has 1 aliphatic rings. The van der Waals surface area contributed by atoms with Crippen molar-refractivity contribution in [3.8, 4) is 17.0 Å². The number of hydrogen-bond acceptors (Lipinski definition) is 5. The first-order valence-corrected chi connectivity index (χ1v) is 9.30. The molecule has 7 nitrogen and oxygen atoms in total. The van der Waals surface area contributed by atoms with Gasteiger partial charge in [0.25, 0.3) is 5.91 Å². The maximum absolute atomic E-state index is 12.1. The van der Waals surface area contributed by atoms with Crippen LogP contribution >= 0.6 is 0 Å². The van der Waals surface area contributed by atoms with Crippen LogP contribution in [0.15, 0.2) is 36.4 Å². The van der Waals surface area contributed by atoms with Crippen molar-refractivity contribution in [3.05, 3.63) is 42.0 Å². The van der Waals surface area contributed by atoms with Crippen molar-refractivity contribution in [1.82, 2.24) is 9.78 Å². The minimum absolute atomic E-state index is 0.148. The molecule has 0 spiro atoms. The summed E-state index contributed by atoms with van der Waals surface area (Å²) in [4.78, 5) is 12.1. The number of anilines is 1. The lowest BCUT2D eigenvalue weighted by molar-refractivity contribution is 0.100. The van der Waals surface area contributed by atoms with E-state index in [1.54, 1.807) is 13.8 Å². The van der Waals surface area contributed by atoms with Crippen molar-refractivity contribution >= 4 is 22.5 Å². The minimum atomic E-state index is -0.765. The van der Waals surface area contributed by atoms with Crippen molar-refractivity contribution in [2.24, 2.45) is 5.73 Å². The van der Waals surface area contributed by atoms with E-state index >= 15 is 0 Å². The number of nitrogens with two attached hydrogens (primary N) is 2. The van der Waals surface area contributed by atoms with Gasteiger partial charge < -0.3 is 21.3 Å². The monoisotopic (exact) mass is 380 g/mol. The number of benzene rings is 2. The number of aromatic nitrogens is 2. The summed E-state index contributed by atoms with van der Waals surface area (Å²) < 4.78 is 7.31. The Morgan fingerprint density at radius 1 is 1.25 bits per heavy atom. The number of nitrogen functional groups attached to an aromatic ring is 1. The van der Waals surface area contributed by atoms with Gasteiger partial charge in [-0.1, -0.05) is 18.2 Å². The number of fused-ring (bicyclic) bond motifs is 1. The van der Waals surface area contributed by atoms with E-state index in [0.717, 1.165) is 34.9 Å². The van der Waals surface area contributed by atoms with E-state index in [2.05, 4.69) is 5.10 Å². The second-order valence-corrected chi connectivity index (χ2v) is 7.90. The molecule has 3 aromatic rings. The first-order valence-electron chi connectivity index (χ1n) is 9.30. The smallest absolute Gasteiger partial charge is 0.254 e. The van der Waals surface area contributed by atoms with Gasteiger partial charge in [0.05, 0.1) is 18.2 Å². The maximum atomic E-state index is 12.1. The number of carbonyl (C=O) groups is 1. The molecule has 0 unspecified atom stereocenters. The molecule has 0 aliphatic heterocycles. The summed E-state index contributed by atoms with van der Waals surface area (Å²) in [5.74, 6) is 0.356. The maximum Gasteiger partial charge on any atom is 0.254 e.